The molecule has 17 unspecified atom stereocenters. The van der Waals surface area contributed by atoms with Crippen molar-refractivity contribution in [2.24, 2.45) is 0 Å². The minimum atomic E-state index is -1.98. The Morgan fingerprint density at radius 3 is 1.04 bits per heavy atom. The number of carbonyl (C=O) groups excluding carboxylic acids is 1. The number of hydrogen-bond acceptors (Lipinski definition) is 18. The van der Waals surface area contributed by atoms with Crippen LogP contribution in [0.2, 0.25) is 0 Å². The number of nitrogens with one attached hydrogen (secondary N) is 1. The smallest absolute Gasteiger partial charge is 0.220 e. The van der Waals surface area contributed by atoms with Crippen molar-refractivity contribution in [3.8, 4) is 0 Å². The van der Waals surface area contributed by atoms with Gasteiger partial charge in [0.25, 0.3) is 0 Å². The number of hydrogen-bond donors (Lipinski definition) is 12. The topological polar surface area (TPSA) is 307 Å². The van der Waals surface area contributed by atoms with Crippen LogP contribution in [-0.4, -0.2) is 193 Å². The van der Waals surface area contributed by atoms with Gasteiger partial charge in [0.1, 0.15) is 73.2 Å². The summed E-state index contributed by atoms with van der Waals surface area (Å²) in [6.45, 7) is 1.77. The zero-order valence-corrected chi connectivity index (χ0v) is 58.3. The van der Waals surface area contributed by atoms with Crippen molar-refractivity contribution in [2.45, 2.75) is 413 Å². The summed E-state index contributed by atoms with van der Waals surface area (Å²) >= 11 is 0. The van der Waals surface area contributed by atoms with E-state index >= 15 is 0 Å². The number of aliphatic hydroxyl groups excluding tert-OH is 11. The highest BCUT2D eigenvalue weighted by Gasteiger charge is 2.53. The normalized spacial score (nSPS) is 27.6. The van der Waals surface area contributed by atoms with Gasteiger partial charge in [0, 0.05) is 6.42 Å². The van der Waals surface area contributed by atoms with Gasteiger partial charge in [-0.1, -0.05) is 282 Å². The van der Waals surface area contributed by atoms with E-state index in [2.05, 4.69) is 31.3 Å². The molecule has 0 aromatic heterocycles. The third-order valence-electron chi connectivity index (χ3n) is 19.2. The summed E-state index contributed by atoms with van der Waals surface area (Å²) in [4.78, 5) is 13.4. The zero-order valence-electron chi connectivity index (χ0n) is 58.3. The van der Waals surface area contributed by atoms with Crippen molar-refractivity contribution in [3.63, 3.8) is 0 Å². The maximum absolute atomic E-state index is 13.4. The molecular formula is C74H139NO18. The molecule has 19 nitrogen and oxygen atoms in total. The summed E-state index contributed by atoms with van der Waals surface area (Å²) in [5.41, 5.74) is 0. The van der Waals surface area contributed by atoms with Gasteiger partial charge in [-0.05, 0) is 44.9 Å². The molecule has 548 valence electrons. The van der Waals surface area contributed by atoms with E-state index in [0.717, 1.165) is 57.8 Å². The van der Waals surface area contributed by atoms with E-state index in [1.54, 1.807) is 6.08 Å². The van der Waals surface area contributed by atoms with Crippen LogP contribution in [0.25, 0.3) is 0 Å². The molecule has 17 atom stereocenters. The molecule has 0 radical (unpaired) electrons. The average molecular weight is 1330 g/mol. The van der Waals surface area contributed by atoms with Crippen LogP contribution in [0.4, 0.5) is 0 Å². The SMILES string of the molecule is CCCCCCCCC/C=C\CCCCCCCCCC(=O)NC(COC1OC(CO)C(OC2OC(CO)C(OC3OC(CO)C(O)C(O)C3O)C(O)C2O)C(O)C1O)C(O)/C=C/CCCCCCCCCCCCCCCCCCCCCCCCCCCCCC. The van der Waals surface area contributed by atoms with Crippen molar-refractivity contribution in [3.05, 3.63) is 24.3 Å². The first kappa shape index (κ1) is 85.5. The van der Waals surface area contributed by atoms with Gasteiger partial charge in [0.15, 0.2) is 18.9 Å². The lowest BCUT2D eigenvalue weighted by atomic mass is 9.96. The Morgan fingerprint density at radius 2 is 0.677 bits per heavy atom. The number of unbranched alkanes of at least 4 members (excludes halogenated alkanes) is 42. The first-order valence-corrected chi connectivity index (χ1v) is 38.1. The summed E-state index contributed by atoms with van der Waals surface area (Å²) < 4.78 is 34.4. The summed E-state index contributed by atoms with van der Waals surface area (Å²) in [7, 11) is 0. The molecule has 3 rings (SSSR count). The second-order valence-electron chi connectivity index (χ2n) is 27.5. The first-order chi connectivity index (χ1) is 45.3. The van der Waals surface area contributed by atoms with E-state index in [0.29, 0.717) is 6.42 Å². The summed E-state index contributed by atoms with van der Waals surface area (Å²) in [6, 6.07) is -0.975. The monoisotopic (exact) mass is 1330 g/mol. The van der Waals surface area contributed by atoms with Crippen LogP contribution in [0.1, 0.15) is 309 Å². The van der Waals surface area contributed by atoms with E-state index in [1.807, 2.05) is 6.08 Å². The third-order valence-corrected chi connectivity index (χ3v) is 19.2. The molecule has 3 fully saturated rings. The first-order valence-electron chi connectivity index (χ1n) is 38.1. The Hall–Kier alpha value is -1.73. The predicted octanol–water partition coefficient (Wildman–Crippen LogP) is 11.4. The fourth-order valence-corrected chi connectivity index (χ4v) is 13.1. The molecule has 19 heteroatoms. The molecule has 0 aromatic carbocycles. The second-order valence-corrected chi connectivity index (χ2v) is 27.5. The van der Waals surface area contributed by atoms with Gasteiger partial charge in [-0.3, -0.25) is 4.79 Å². The average Bonchev–Trinajstić information content (AvgIpc) is 0.996. The number of amides is 1. The van der Waals surface area contributed by atoms with Gasteiger partial charge in [-0.2, -0.15) is 0 Å². The van der Waals surface area contributed by atoms with E-state index in [-0.39, 0.29) is 18.9 Å². The molecule has 12 N–H and O–H groups in total. The van der Waals surface area contributed by atoms with Gasteiger partial charge in [0.05, 0.1) is 38.6 Å². The Bertz CT molecular complexity index is 1780. The lowest BCUT2D eigenvalue weighted by molar-refractivity contribution is -0.379. The molecule has 3 aliphatic rings. The van der Waals surface area contributed by atoms with E-state index < -0.39 is 124 Å². The zero-order chi connectivity index (χ0) is 67.5. The van der Waals surface area contributed by atoms with Gasteiger partial charge in [-0.25, -0.2) is 0 Å². The minimum absolute atomic E-state index is 0.241. The van der Waals surface area contributed by atoms with Gasteiger partial charge in [-0.15, -0.1) is 0 Å². The molecule has 0 spiro atoms. The third kappa shape index (κ3) is 37.3. The van der Waals surface area contributed by atoms with Crippen LogP contribution < -0.4 is 5.32 Å². The van der Waals surface area contributed by atoms with E-state index in [9.17, 15) is 61.0 Å². The number of rotatable bonds is 60. The molecule has 3 heterocycles. The van der Waals surface area contributed by atoms with E-state index in [1.165, 1.54) is 225 Å². The highest BCUT2D eigenvalue weighted by atomic mass is 16.8. The van der Waals surface area contributed by atoms with Crippen molar-refractivity contribution >= 4 is 5.91 Å². The number of carbonyl (C=O) groups is 1. The standard InChI is InChI=1S/C74H139NO18/c1-3-5-7-9-11-13-15-17-19-21-23-24-25-26-27-28-29-30-31-32-33-34-35-37-39-41-43-45-47-49-51-58(79)57(75-62(80)52-50-48-46-44-42-40-38-36-22-20-18-16-14-12-10-8-6-4-2)56-88-72-68(86)65(83)70(60(54-77)90-72)93-74-69(87)66(84)71(61(55-78)91-74)92-73-67(85)64(82)63(81)59(53-76)89-73/h20,22,49,51,57-61,63-74,76-79,81-87H,3-19,21,23-48,50,52-56H2,1-2H3,(H,75,80)/b22-20-,51-49+. The van der Waals surface area contributed by atoms with Crippen LogP contribution in [0, 0.1) is 0 Å². The van der Waals surface area contributed by atoms with E-state index in [4.69, 9.17) is 28.4 Å². The fourth-order valence-electron chi connectivity index (χ4n) is 13.1. The highest BCUT2D eigenvalue weighted by molar-refractivity contribution is 5.76. The minimum Gasteiger partial charge on any atom is -0.394 e. The molecule has 93 heavy (non-hydrogen) atoms. The second kappa shape index (κ2) is 56.1. The van der Waals surface area contributed by atoms with Crippen molar-refractivity contribution in [1.29, 1.82) is 0 Å². The number of ether oxygens (including phenoxy) is 6. The maximum atomic E-state index is 13.4. The molecule has 3 saturated heterocycles. The Kier molecular flexibility index (Phi) is 51.5. The number of aliphatic hydroxyl groups is 11. The van der Waals surface area contributed by atoms with Crippen molar-refractivity contribution < 1.29 is 89.4 Å². The van der Waals surface area contributed by atoms with Crippen LogP contribution in [0.3, 0.4) is 0 Å². The highest BCUT2D eigenvalue weighted by Crippen LogP contribution is 2.33. The predicted molar refractivity (Wildman–Crippen MR) is 365 cm³/mol. The van der Waals surface area contributed by atoms with Crippen LogP contribution >= 0.6 is 0 Å². The molecule has 1 amide bonds. The summed E-state index contributed by atoms with van der Waals surface area (Å²) in [5, 5.41) is 121. The summed E-state index contributed by atoms with van der Waals surface area (Å²) in [5.74, 6) is -0.276. The Morgan fingerprint density at radius 1 is 0.376 bits per heavy atom. The maximum Gasteiger partial charge on any atom is 0.220 e. The van der Waals surface area contributed by atoms with Gasteiger partial charge < -0.3 is 89.9 Å². The number of allylic oxidation sites excluding steroid dienone is 3. The quantitative estimate of drug-likeness (QED) is 0.0199. The molecule has 0 aromatic rings. The Balaban J connectivity index is 1.39. The summed E-state index contributed by atoms with van der Waals surface area (Å²) in [6.07, 6.45) is 38.8. The van der Waals surface area contributed by atoms with Gasteiger partial charge in [0.2, 0.25) is 5.91 Å². The van der Waals surface area contributed by atoms with Crippen LogP contribution in [-0.2, 0) is 33.2 Å². The molecule has 0 aliphatic carbocycles. The Labute approximate surface area is 562 Å². The molecule has 0 bridgehead atoms. The molecule has 0 saturated carbocycles. The largest absolute Gasteiger partial charge is 0.394 e. The van der Waals surface area contributed by atoms with Gasteiger partial charge >= 0.3 is 0 Å². The molecule has 3 aliphatic heterocycles. The lowest BCUT2D eigenvalue weighted by Crippen LogP contribution is -2.66. The lowest BCUT2D eigenvalue weighted by Gasteiger charge is -2.48. The van der Waals surface area contributed by atoms with Crippen LogP contribution in [0.5, 0.6) is 0 Å². The van der Waals surface area contributed by atoms with Crippen molar-refractivity contribution in [2.75, 3.05) is 26.4 Å². The van der Waals surface area contributed by atoms with Crippen molar-refractivity contribution in [1.82, 2.24) is 5.32 Å². The fraction of sp³-hybridized carbons (Fsp3) is 0.932. The molecular weight excluding hydrogens is 1190 g/mol. The van der Waals surface area contributed by atoms with Crippen LogP contribution in [0.15, 0.2) is 24.3 Å².